The molecule has 0 saturated heterocycles. The van der Waals surface area contributed by atoms with Crippen LogP contribution in [0.5, 0.6) is 0 Å². The SMILES string of the molecule is CN(C(=O)c1cc(N)c(F)cc1[N+](=O)[O-])C1CC1. The lowest BCUT2D eigenvalue weighted by atomic mass is 10.1. The van der Waals surface area contributed by atoms with Crippen molar-refractivity contribution in [2.45, 2.75) is 18.9 Å². The highest BCUT2D eigenvalue weighted by Crippen LogP contribution is 2.30. The van der Waals surface area contributed by atoms with Gasteiger partial charge in [0.05, 0.1) is 16.7 Å². The van der Waals surface area contributed by atoms with E-state index in [0.717, 1.165) is 18.9 Å². The molecule has 0 aromatic heterocycles. The summed E-state index contributed by atoms with van der Waals surface area (Å²) in [7, 11) is 1.57. The van der Waals surface area contributed by atoms with Crippen LogP contribution in [0, 0.1) is 15.9 Å². The summed E-state index contributed by atoms with van der Waals surface area (Å²) in [6.07, 6.45) is 1.76. The number of halogens is 1. The van der Waals surface area contributed by atoms with E-state index in [0.29, 0.717) is 6.07 Å². The van der Waals surface area contributed by atoms with E-state index in [4.69, 9.17) is 5.73 Å². The van der Waals surface area contributed by atoms with Crippen LogP contribution in [0.4, 0.5) is 15.8 Å². The summed E-state index contributed by atoms with van der Waals surface area (Å²) < 4.78 is 13.2. The molecule has 1 fully saturated rings. The summed E-state index contributed by atoms with van der Waals surface area (Å²) in [5.74, 6) is -1.40. The zero-order valence-corrected chi connectivity index (χ0v) is 9.72. The summed E-state index contributed by atoms with van der Waals surface area (Å²) in [6, 6.07) is 1.82. The first-order chi connectivity index (χ1) is 8.41. The number of nitrogens with two attached hydrogens (primary N) is 1. The van der Waals surface area contributed by atoms with E-state index in [1.807, 2.05) is 0 Å². The fourth-order valence-corrected chi connectivity index (χ4v) is 1.72. The number of amides is 1. The minimum atomic E-state index is -0.896. The largest absolute Gasteiger partial charge is 0.396 e. The van der Waals surface area contributed by atoms with E-state index in [1.54, 1.807) is 7.05 Å². The maximum absolute atomic E-state index is 13.2. The predicted molar refractivity (Wildman–Crippen MR) is 62.6 cm³/mol. The van der Waals surface area contributed by atoms with E-state index in [9.17, 15) is 19.3 Å². The number of anilines is 1. The Bertz CT molecular complexity index is 529. The number of nitrogen functional groups attached to an aromatic ring is 1. The molecule has 0 heterocycles. The van der Waals surface area contributed by atoms with E-state index >= 15 is 0 Å². The van der Waals surface area contributed by atoms with Gasteiger partial charge in [0.25, 0.3) is 11.6 Å². The zero-order valence-electron chi connectivity index (χ0n) is 9.72. The Labute approximate surface area is 102 Å². The summed E-state index contributed by atoms with van der Waals surface area (Å²) in [4.78, 5) is 23.5. The molecule has 1 amide bonds. The van der Waals surface area contributed by atoms with Crippen molar-refractivity contribution in [2.75, 3.05) is 12.8 Å². The molecule has 96 valence electrons. The van der Waals surface area contributed by atoms with Gasteiger partial charge in [0.1, 0.15) is 5.56 Å². The molecule has 1 saturated carbocycles. The Balaban J connectivity index is 2.44. The average Bonchev–Trinajstić information content (AvgIpc) is 3.14. The van der Waals surface area contributed by atoms with Gasteiger partial charge in [0.15, 0.2) is 5.82 Å². The summed E-state index contributed by atoms with van der Waals surface area (Å²) in [5, 5.41) is 10.8. The molecule has 1 aliphatic carbocycles. The van der Waals surface area contributed by atoms with Gasteiger partial charge in [0.2, 0.25) is 0 Å². The Kier molecular flexibility index (Phi) is 2.90. The quantitative estimate of drug-likeness (QED) is 0.502. The van der Waals surface area contributed by atoms with Crippen molar-refractivity contribution in [3.63, 3.8) is 0 Å². The molecule has 0 atom stereocenters. The van der Waals surface area contributed by atoms with Gasteiger partial charge in [-0.3, -0.25) is 14.9 Å². The lowest BCUT2D eigenvalue weighted by molar-refractivity contribution is -0.385. The van der Waals surface area contributed by atoms with Gasteiger partial charge < -0.3 is 10.6 Å². The summed E-state index contributed by atoms with van der Waals surface area (Å²) in [5.41, 5.74) is 4.35. The molecular weight excluding hydrogens is 241 g/mol. The average molecular weight is 253 g/mol. The van der Waals surface area contributed by atoms with Crippen LogP contribution in [-0.2, 0) is 0 Å². The molecule has 1 aromatic rings. The molecule has 0 bridgehead atoms. The van der Waals surface area contributed by atoms with Gasteiger partial charge in [0, 0.05) is 13.1 Å². The van der Waals surface area contributed by atoms with Gasteiger partial charge in [-0.25, -0.2) is 4.39 Å². The summed E-state index contributed by atoms with van der Waals surface area (Å²) >= 11 is 0. The molecule has 7 heteroatoms. The first kappa shape index (κ1) is 12.3. The van der Waals surface area contributed by atoms with Crippen LogP contribution in [0.2, 0.25) is 0 Å². The maximum Gasteiger partial charge on any atom is 0.285 e. The number of nitrogens with zero attached hydrogens (tertiary/aromatic N) is 2. The molecule has 0 unspecified atom stereocenters. The number of benzene rings is 1. The zero-order chi connectivity index (χ0) is 13.4. The second-order valence-corrected chi connectivity index (χ2v) is 4.30. The molecule has 2 rings (SSSR count). The maximum atomic E-state index is 13.2. The van der Waals surface area contributed by atoms with Gasteiger partial charge >= 0.3 is 0 Å². The second-order valence-electron chi connectivity index (χ2n) is 4.30. The highest BCUT2D eigenvalue weighted by Gasteiger charge is 2.33. The third kappa shape index (κ3) is 2.11. The summed E-state index contributed by atoms with van der Waals surface area (Å²) in [6.45, 7) is 0. The third-order valence-corrected chi connectivity index (χ3v) is 2.96. The lowest BCUT2D eigenvalue weighted by Gasteiger charge is -2.16. The minimum Gasteiger partial charge on any atom is -0.396 e. The Morgan fingerprint density at radius 3 is 2.67 bits per heavy atom. The first-order valence-electron chi connectivity index (χ1n) is 5.42. The van der Waals surface area contributed by atoms with Crippen LogP contribution in [0.3, 0.4) is 0 Å². The van der Waals surface area contributed by atoms with Crippen LogP contribution in [0.1, 0.15) is 23.2 Å². The van der Waals surface area contributed by atoms with Crippen LogP contribution in [0.15, 0.2) is 12.1 Å². The standard InChI is InChI=1S/C11H12FN3O3/c1-14(6-2-3-6)11(16)7-4-9(13)8(12)5-10(7)15(17)18/h4-6H,2-3,13H2,1H3. The number of hydrogen-bond donors (Lipinski definition) is 1. The fourth-order valence-electron chi connectivity index (χ4n) is 1.72. The van der Waals surface area contributed by atoms with Crippen molar-refractivity contribution >= 4 is 17.3 Å². The Hall–Kier alpha value is -2.18. The number of carbonyl (C=O) groups is 1. The van der Waals surface area contributed by atoms with Crippen molar-refractivity contribution < 1.29 is 14.1 Å². The number of carbonyl (C=O) groups excluding carboxylic acids is 1. The normalized spacial score (nSPS) is 14.3. The molecule has 0 radical (unpaired) electrons. The van der Waals surface area contributed by atoms with Crippen LogP contribution >= 0.6 is 0 Å². The predicted octanol–water partition coefficient (Wildman–Crippen LogP) is 1.55. The lowest BCUT2D eigenvalue weighted by Crippen LogP contribution is -2.29. The van der Waals surface area contributed by atoms with Crippen molar-refractivity contribution in [3.8, 4) is 0 Å². The number of nitro groups is 1. The topological polar surface area (TPSA) is 89.5 Å². The van der Waals surface area contributed by atoms with E-state index in [1.165, 1.54) is 4.90 Å². The van der Waals surface area contributed by atoms with Crippen molar-refractivity contribution in [1.82, 2.24) is 4.90 Å². The molecular formula is C11H12FN3O3. The van der Waals surface area contributed by atoms with Gasteiger partial charge in [-0.2, -0.15) is 0 Å². The van der Waals surface area contributed by atoms with Crippen LogP contribution in [-0.4, -0.2) is 28.8 Å². The van der Waals surface area contributed by atoms with E-state index in [2.05, 4.69) is 0 Å². The van der Waals surface area contributed by atoms with Crippen molar-refractivity contribution in [3.05, 3.63) is 33.6 Å². The van der Waals surface area contributed by atoms with Gasteiger partial charge in [-0.15, -0.1) is 0 Å². The molecule has 1 aromatic carbocycles. The monoisotopic (exact) mass is 253 g/mol. The van der Waals surface area contributed by atoms with E-state index in [-0.39, 0.29) is 17.3 Å². The number of nitro benzene ring substituents is 1. The highest BCUT2D eigenvalue weighted by atomic mass is 19.1. The molecule has 1 aliphatic rings. The molecule has 2 N–H and O–H groups in total. The molecule has 0 spiro atoms. The highest BCUT2D eigenvalue weighted by molar-refractivity contribution is 5.99. The van der Waals surface area contributed by atoms with E-state index < -0.39 is 22.3 Å². The van der Waals surface area contributed by atoms with Gasteiger partial charge in [-0.1, -0.05) is 0 Å². The van der Waals surface area contributed by atoms with Crippen LogP contribution in [0.25, 0.3) is 0 Å². The number of hydrogen-bond acceptors (Lipinski definition) is 4. The first-order valence-corrected chi connectivity index (χ1v) is 5.42. The van der Waals surface area contributed by atoms with Crippen LogP contribution < -0.4 is 5.73 Å². The molecule has 6 nitrogen and oxygen atoms in total. The van der Waals surface area contributed by atoms with Crippen molar-refractivity contribution in [2.24, 2.45) is 0 Å². The van der Waals surface area contributed by atoms with Gasteiger partial charge in [-0.05, 0) is 18.9 Å². The van der Waals surface area contributed by atoms with Crippen molar-refractivity contribution in [1.29, 1.82) is 0 Å². The fraction of sp³-hybridized carbons (Fsp3) is 0.364. The second kappa shape index (κ2) is 4.25. The minimum absolute atomic E-state index is 0.114. The molecule has 18 heavy (non-hydrogen) atoms. The number of rotatable bonds is 3. The smallest absolute Gasteiger partial charge is 0.285 e. The third-order valence-electron chi connectivity index (χ3n) is 2.96. The Morgan fingerprint density at radius 1 is 1.56 bits per heavy atom. The Morgan fingerprint density at radius 2 is 2.17 bits per heavy atom. The molecule has 0 aliphatic heterocycles.